The lowest BCUT2D eigenvalue weighted by atomic mass is 10.2. The fourth-order valence-corrected chi connectivity index (χ4v) is 1.95. The van der Waals surface area contributed by atoms with E-state index in [0.29, 0.717) is 6.61 Å². The number of halogens is 1. The molecular formula is C16H21ClN2O2. The Balaban J connectivity index is 0.00000220. The van der Waals surface area contributed by atoms with Crippen molar-refractivity contribution >= 4 is 12.4 Å². The van der Waals surface area contributed by atoms with E-state index < -0.39 is 0 Å². The van der Waals surface area contributed by atoms with Crippen molar-refractivity contribution in [3.05, 3.63) is 53.9 Å². The lowest BCUT2D eigenvalue weighted by Gasteiger charge is -2.11. The average Bonchev–Trinajstić information content (AvgIpc) is 2.49. The molecule has 0 amide bonds. The van der Waals surface area contributed by atoms with Crippen LogP contribution in [0, 0.1) is 0 Å². The van der Waals surface area contributed by atoms with Crippen LogP contribution in [0.4, 0.5) is 0 Å². The molecule has 1 heterocycles. The molecule has 0 fully saturated rings. The van der Waals surface area contributed by atoms with Crippen molar-refractivity contribution in [1.82, 2.24) is 10.3 Å². The number of pyridine rings is 1. The number of rotatable bonds is 7. The molecule has 2 aromatic rings. The van der Waals surface area contributed by atoms with Crippen LogP contribution in [0.2, 0.25) is 0 Å². The number of ether oxygens (including phenoxy) is 2. The van der Waals surface area contributed by atoms with Gasteiger partial charge in [-0.1, -0.05) is 6.07 Å². The van der Waals surface area contributed by atoms with Crippen LogP contribution in [-0.4, -0.2) is 18.7 Å². The molecule has 114 valence electrons. The molecule has 0 unspecified atom stereocenters. The van der Waals surface area contributed by atoms with E-state index in [-0.39, 0.29) is 12.4 Å². The maximum Gasteiger partial charge on any atom is 0.161 e. The highest BCUT2D eigenvalue weighted by Crippen LogP contribution is 2.27. The zero-order valence-corrected chi connectivity index (χ0v) is 13.2. The maximum atomic E-state index is 5.57. The second-order valence-corrected chi connectivity index (χ2v) is 4.38. The Morgan fingerprint density at radius 1 is 1.00 bits per heavy atom. The molecule has 0 aliphatic heterocycles. The zero-order chi connectivity index (χ0) is 14.2. The van der Waals surface area contributed by atoms with Gasteiger partial charge < -0.3 is 14.8 Å². The van der Waals surface area contributed by atoms with Crippen LogP contribution in [0.3, 0.4) is 0 Å². The molecule has 0 radical (unpaired) electrons. The summed E-state index contributed by atoms with van der Waals surface area (Å²) in [4.78, 5) is 4.00. The Bertz CT molecular complexity index is 535. The third kappa shape index (κ3) is 5.25. The van der Waals surface area contributed by atoms with E-state index in [9.17, 15) is 0 Å². The van der Waals surface area contributed by atoms with Crippen LogP contribution in [0.5, 0.6) is 11.5 Å². The highest BCUT2D eigenvalue weighted by atomic mass is 35.5. The number of aromatic nitrogens is 1. The Morgan fingerprint density at radius 3 is 2.38 bits per heavy atom. The van der Waals surface area contributed by atoms with Gasteiger partial charge in [0.25, 0.3) is 0 Å². The van der Waals surface area contributed by atoms with E-state index in [4.69, 9.17) is 9.47 Å². The topological polar surface area (TPSA) is 43.4 Å². The van der Waals surface area contributed by atoms with Crippen LogP contribution in [0.15, 0.2) is 42.7 Å². The Kier molecular flexibility index (Phi) is 7.58. The third-order valence-corrected chi connectivity index (χ3v) is 2.94. The summed E-state index contributed by atoms with van der Waals surface area (Å²) in [7, 11) is 1.65. The minimum Gasteiger partial charge on any atom is -0.493 e. The van der Waals surface area contributed by atoms with Gasteiger partial charge in [0.05, 0.1) is 13.7 Å². The molecule has 0 atom stereocenters. The van der Waals surface area contributed by atoms with E-state index in [1.54, 1.807) is 19.5 Å². The summed E-state index contributed by atoms with van der Waals surface area (Å²) in [5, 5.41) is 3.40. The summed E-state index contributed by atoms with van der Waals surface area (Å²) in [5.41, 5.74) is 2.39. The van der Waals surface area contributed by atoms with Crippen molar-refractivity contribution < 1.29 is 9.47 Å². The second-order valence-electron chi connectivity index (χ2n) is 4.38. The monoisotopic (exact) mass is 308 g/mol. The first-order chi connectivity index (χ1) is 9.83. The zero-order valence-electron chi connectivity index (χ0n) is 12.3. The molecule has 0 bridgehead atoms. The van der Waals surface area contributed by atoms with Crippen molar-refractivity contribution in [2.75, 3.05) is 13.7 Å². The number of methoxy groups -OCH3 is 1. The molecule has 5 heteroatoms. The molecule has 21 heavy (non-hydrogen) atoms. The molecule has 0 saturated heterocycles. The maximum absolute atomic E-state index is 5.57. The molecule has 1 aromatic heterocycles. The van der Waals surface area contributed by atoms with Gasteiger partial charge in [0.1, 0.15) is 0 Å². The summed E-state index contributed by atoms with van der Waals surface area (Å²) >= 11 is 0. The van der Waals surface area contributed by atoms with Gasteiger partial charge in [-0.3, -0.25) is 4.98 Å². The first-order valence-electron chi connectivity index (χ1n) is 6.72. The number of benzene rings is 1. The molecule has 1 aromatic carbocycles. The fourth-order valence-electron chi connectivity index (χ4n) is 1.95. The third-order valence-electron chi connectivity index (χ3n) is 2.94. The molecular weight excluding hydrogens is 288 g/mol. The molecule has 0 aliphatic rings. The van der Waals surface area contributed by atoms with Gasteiger partial charge in [-0.05, 0) is 42.3 Å². The quantitative estimate of drug-likeness (QED) is 0.853. The first-order valence-corrected chi connectivity index (χ1v) is 6.72. The van der Waals surface area contributed by atoms with Gasteiger partial charge in [-0.15, -0.1) is 12.4 Å². The van der Waals surface area contributed by atoms with Gasteiger partial charge in [0.15, 0.2) is 11.5 Å². The van der Waals surface area contributed by atoms with Gasteiger partial charge in [0.2, 0.25) is 0 Å². The summed E-state index contributed by atoms with van der Waals surface area (Å²) in [6, 6.07) is 10.0. The summed E-state index contributed by atoms with van der Waals surface area (Å²) in [5.74, 6) is 1.56. The molecule has 0 saturated carbocycles. The second kappa shape index (κ2) is 9.21. The predicted molar refractivity (Wildman–Crippen MR) is 86.2 cm³/mol. The summed E-state index contributed by atoms with van der Waals surface area (Å²) in [6.07, 6.45) is 3.61. The highest BCUT2D eigenvalue weighted by molar-refractivity contribution is 5.85. The number of hydrogen-bond acceptors (Lipinski definition) is 4. The van der Waals surface area contributed by atoms with Crippen LogP contribution in [0.1, 0.15) is 18.1 Å². The van der Waals surface area contributed by atoms with Crippen molar-refractivity contribution in [2.24, 2.45) is 0 Å². The largest absolute Gasteiger partial charge is 0.493 e. The first kappa shape index (κ1) is 17.3. The van der Waals surface area contributed by atoms with Crippen molar-refractivity contribution in [3.8, 4) is 11.5 Å². The van der Waals surface area contributed by atoms with Gasteiger partial charge >= 0.3 is 0 Å². The van der Waals surface area contributed by atoms with Crippen molar-refractivity contribution in [1.29, 1.82) is 0 Å². The average molecular weight is 309 g/mol. The van der Waals surface area contributed by atoms with E-state index in [1.807, 2.05) is 37.3 Å². The van der Waals surface area contributed by atoms with Gasteiger partial charge in [-0.2, -0.15) is 0 Å². The van der Waals surface area contributed by atoms with Gasteiger partial charge in [0, 0.05) is 25.5 Å². The van der Waals surface area contributed by atoms with Crippen LogP contribution in [0.25, 0.3) is 0 Å². The smallest absolute Gasteiger partial charge is 0.161 e. The predicted octanol–water partition coefficient (Wildman–Crippen LogP) is 3.20. The molecule has 1 N–H and O–H groups in total. The van der Waals surface area contributed by atoms with Crippen LogP contribution in [-0.2, 0) is 13.1 Å². The minimum atomic E-state index is 0. The molecule has 0 spiro atoms. The molecule has 2 rings (SSSR count). The van der Waals surface area contributed by atoms with E-state index >= 15 is 0 Å². The Morgan fingerprint density at radius 2 is 1.71 bits per heavy atom. The van der Waals surface area contributed by atoms with Crippen LogP contribution >= 0.6 is 12.4 Å². The van der Waals surface area contributed by atoms with Crippen LogP contribution < -0.4 is 14.8 Å². The summed E-state index contributed by atoms with van der Waals surface area (Å²) in [6.45, 7) is 4.20. The number of hydrogen-bond donors (Lipinski definition) is 1. The SMILES string of the molecule is CCOc1cc(CNCc2ccncc2)ccc1OC.Cl. The Labute approximate surface area is 131 Å². The highest BCUT2D eigenvalue weighted by Gasteiger charge is 2.05. The molecule has 0 aliphatic carbocycles. The standard InChI is InChI=1S/C16H20N2O2.ClH/c1-3-20-16-10-14(4-5-15(16)19-2)12-18-11-13-6-8-17-9-7-13;/h4-10,18H,3,11-12H2,1-2H3;1H. The fraction of sp³-hybridized carbons (Fsp3) is 0.312. The van der Waals surface area contributed by atoms with E-state index in [2.05, 4.69) is 10.3 Å². The van der Waals surface area contributed by atoms with Crippen molar-refractivity contribution in [3.63, 3.8) is 0 Å². The normalized spacial score (nSPS) is 9.81. The van der Waals surface area contributed by atoms with Crippen molar-refractivity contribution in [2.45, 2.75) is 20.0 Å². The lowest BCUT2D eigenvalue weighted by molar-refractivity contribution is 0.310. The number of nitrogens with zero attached hydrogens (tertiary/aromatic N) is 1. The van der Waals surface area contributed by atoms with E-state index in [1.165, 1.54) is 11.1 Å². The van der Waals surface area contributed by atoms with E-state index in [0.717, 1.165) is 24.6 Å². The van der Waals surface area contributed by atoms with Gasteiger partial charge in [-0.25, -0.2) is 0 Å². The Hall–Kier alpha value is -1.78. The lowest BCUT2D eigenvalue weighted by Crippen LogP contribution is -2.12. The summed E-state index contributed by atoms with van der Waals surface area (Å²) < 4.78 is 10.8. The number of nitrogens with one attached hydrogen (secondary N) is 1. The minimum absolute atomic E-state index is 0. The molecule has 4 nitrogen and oxygen atoms in total.